The van der Waals surface area contributed by atoms with Gasteiger partial charge in [0.25, 0.3) is 0 Å². The molecule has 1 saturated heterocycles. The molecule has 0 aromatic carbocycles. The summed E-state index contributed by atoms with van der Waals surface area (Å²) in [6.45, 7) is 5.48. The maximum Gasteiger partial charge on any atom is 0.0824 e. The smallest absolute Gasteiger partial charge is 0.0824 e. The van der Waals surface area contributed by atoms with Gasteiger partial charge in [-0.2, -0.15) is 0 Å². The molecule has 1 fully saturated rings. The number of nitrogens with zero attached hydrogens (tertiary/aromatic N) is 2. The van der Waals surface area contributed by atoms with Crippen LogP contribution in [0.5, 0.6) is 0 Å². The molecule has 0 radical (unpaired) electrons. The third kappa shape index (κ3) is 2.58. The van der Waals surface area contributed by atoms with Gasteiger partial charge in [-0.3, -0.25) is 9.88 Å². The van der Waals surface area contributed by atoms with Crippen molar-refractivity contribution in [3.05, 3.63) is 30.1 Å². The Bertz CT molecular complexity index is 317. The van der Waals surface area contributed by atoms with E-state index < -0.39 is 0 Å². The van der Waals surface area contributed by atoms with Crippen LogP contribution in [0.3, 0.4) is 0 Å². The van der Waals surface area contributed by atoms with Crippen molar-refractivity contribution in [2.45, 2.75) is 19.1 Å². The average Bonchev–Trinajstić information content (AvgIpc) is 2.39. The maximum atomic E-state index is 5.64. The van der Waals surface area contributed by atoms with E-state index in [1.807, 2.05) is 12.4 Å². The van der Waals surface area contributed by atoms with Crippen LogP contribution in [0.1, 0.15) is 18.5 Å². The first-order valence-electron chi connectivity index (χ1n) is 5.77. The molecule has 88 valence electrons. The fourth-order valence-corrected chi connectivity index (χ4v) is 2.09. The normalized spacial score (nSPS) is 24.2. The van der Waals surface area contributed by atoms with E-state index in [0.717, 1.165) is 19.7 Å². The van der Waals surface area contributed by atoms with Crippen LogP contribution in [0.2, 0.25) is 0 Å². The predicted molar refractivity (Wildman–Crippen MR) is 63.0 cm³/mol. The number of pyridine rings is 1. The predicted octanol–water partition coefficient (Wildman–Crippen LogP) is 0.802. The second-order valence-corrected chi connectivity index (χ2v) is 4.18. The van der Waals surface area contributed by atoms with Gasteiger partial charge >= 0.3 is 0 Å². The highest BCUT2D eigenvalue weighted by Gasteiger charge is 2.23. The second-order valence-electron chi connectivity index (χ2n) is 4.18. The van der Waals surface area contributed by atoms with Crippen LogP contribution in [-0.4, -0.2) is 42.2 Å². The number of hydrogen-bond donors (Lipinski definition) is 1. The lowest BCUT2D eigenvalue weighted by Crippen LogP contribution is -2.46. The topological polar surface area (TPSA) is 51.4 Å². The molecule has 1 aliphatic rings. The number of hydrogen-bond acceptors (Lipinski definition) is 4. The van der Waals surface area contributed by atoms with Crippen molar-refractivity contribution in [3.8, 4) is 0 Å². The van der Waals surface area contributed by atoms with Gasteiger partial charge in [-0.1, -0.05) is 0 Å². The van der Waals surface area contributed by atoms with Gasteiger partial charge in [-0.25, -0.2) is 0 Å². The lowest BCUT2D eigenvalue weighted by Gasteiger charge is -2.36. The van der Waals surface area contributed by atoms with Crippen LogP contribution in [0.15, 0.2) is 24.5 Å². The molecule has 2 unspecified atom stereocenters. The van der Waals surface area contributed by atoms with E-state index in [4.69, 9.17) is 10.5 Å². The van der Waals surface area contributed by atoms with Gasteiger partial charge in [0.2, 0.25) is 0 Å². The van der Waals surface area contributed by atoms with Gasteiger partial charge < -0.3 is 10.5 Å². The van der Waals surface area contributed by atoms with Gasteiger partial charge in [-0.05, 0) is 24.6 Å². The minimum atomic E-state index is 0.179. The SMILES string of the molecule is CC(c1ccncc1)N1CCOC(CN)C1. The largest absolute Gasteiger partial charge is 0.374 e. The zero-order valence-corrected chi connectivity index (χ0v) is 9.67. The average molecular weight is 221 g/mol. The molecular weight excluding hydrogens is 202 g/mol. The molecule has 2 heterocycles. The fraction of sp³-hybridized carbons (Fsp3) is 0.583. The molecule has 1 aromatic heterocycles. The third-order valence-corrected chi connectivity index (χ3v) is 3.17. The van der Waals surface area contributed by atoms with E-state index in [1.54, 1.807) is 0 Å². The summed E-state index contributed by atoms with van der Waals surface area (Å²) >= 11 is 0. The minimum Gasteiger partial charge on any atom is -0.374 e. The fourth-order valence-electron chi connectivity index (χ4n) is 2.09. The Labute approximate surface area is 96.4 Å². The second kappa shape index (κ2) is 5.39. The Hall–Kier alpha value is -0.970. The Morgan fingerprint density at radius 1 is 1.56 bits per heavy atom. The first kappa shape index (κ1) is 11.5. The third-order valence-electron chi connectivity index (χ3n) is 3.17. The Kier molecular flexibility index (Phi) is 3.88. The number of ether oxygens (including phenoxy) is 1. The van der Waals surface area contributed by atoms with Crippen molar-refractivity contribution < 1.29 is 4.74 Å². The summed E-state index contributed by atoms with van der Waals surface area (Å²) in [7, 11) is 0. The van der Waals surface area contributed by atoms with Crippen molar-refractivity contribution in [2.75, 3.05) is 26.2 Å². The van der Waals surface area contributed by atoms with Crippen molar-refractivity contribution in [2.24, 2.45) is 5.73 Å². The molecule has 0 saturated carbocycles. The molecule has 2 N–H and O–H groups in total. The van der Waals surface area contributed by atoms with E-state index in [0.29, 0.717) is 12.6 Å². The van der Waals surface area contributed by atoms with E-state index in [-0.39, 0.29) is 6.10 Å². The number of aromatic nitrogens is 1. The first-order chi connectivity index (χ1) is 7.81. The molecule has 4 nitrogen and oxygen atoms in total. The molecule has 0 spiro atoms. The van der Waals surface area contributed by atoms with Gasteiger partial charge in [0.15, 0.2) is 0 Å². The molecule has 2 rings (SSSR count). The molecule has 4 heteroatoms. The number of morpholine rings is 1. The standard InChI is InChI=1S/C12H19N3O/c1-10(11-2-4-14-5-3-11)15-6-7-16-12(8-13)9-15/h2-5,10,12H,6-9,13H2,1H3. The molecule has 0 aliphatic carbocycles. The van der Waals surface area contributed by atoms with Crippen molar-refractivity contribution in [1.82, 2.24) is 9.88 Å². The molecule has 1 aromatic rings. The Morgan fingerprint density at radius 3 is 3.00 bits per heavy atom. The van der Waals surface area contributed by atoms with Gasteiger partial charge in [0, 0.05) is 38.1 Å². The van der Waals surface area contributed by atoms with Gasteiger partial charge in [0.1, 0.15) is 0 Å². The summed E-state index contributed by atoms with van der Waals surface area (Å²) in [6.07, 6.45) is 3.86. The van der Waals surface area contributed by atoms with E-state index in [2.05, 4.69) is 28.9 Å². The van der Waals surface area contributed by atoms with Crippen LogP contribution in [-0.2, 0) is 4.74 Å². The molecule has 0 bridgehead atoms. The van der Waals surface area contributed by atoms with Gasteiger partial charge in [0.05, 0.1) is 12.7 Å². The summed E-state index contributed by atoms with van der Waals surface area (Å²) in [5, 5.41) is 0. The van der Waals surface area contributed by atoms with Crippen LogP contribution >= 0.6 is 0 Å². The van der Waals surface area contributed by atoms with Crippen molar-refractivity contribution in [3.63, 3.8) is 0 Å². The zero-order valence-electron chi connectivity index (χ0n) is 9.67. The van der Waals surface area contributed by atoms with Crippen LogP contribution < -0.4 is 5.73 Å². The first-order valence-corrected chi connectivity index (χ1v) is 5.77. The van der Waals surface area contributed by atoms with Crippen LogP contribution in [0.25, 0.3) is 0 Å². The molecule has 2 atom stereocenters. The maximum absolute atomic E-state index is 5.64. The highest BCUT2D eigenvalue weighted by Crippen LogP contribution is 2.21. The zero-order chi connectivity index (χ0) is 11.4. The van der Waals surface area contributed by atoms with Crippen LogP contribution in [0, 0.1) is 0 Å². The molecule has 0 amide bonds. The lowest BCUT2D eigenvalue weighted by molar-refractivity contribution is -0.0364. The van der Waals surface area contributed by atoms with E-state index in [9.17, 15) is 0 Å². The number of rotatable bonds is 3. The summed E-state index contributed by atoms with van der Waals surface area (Å²) in [5.74, 6) is 0. The summed E-state index contributed by atoms with van der Waals surface area (Å²) in [5.41, 5.74) is 6.94. The van der Waals surface area contributed by atoms with E-state index in [1.165, 1.54) is 5.56 Å². The quantitative estimate of drug-likeness (QED) is 0.820. The van der Waals surface area contributed by atoms with Crippen LogP contribution in [0.4, 0.5) is 0 Å². The summed E-state index contributed by atoms with van der Waals surface area (Å²) in [6, 6.07) is 4.54. The highest BCUT2D eigenvalue weighted by molar-refractivity contribution is 5.14. The van der Waals surface area contributed by atoms with E-state index >= 15 is 0 Å². The Morgan fingerprint density at radius 2 is 2.31 bits per heavy atom. The highest BCUT2D eigenvalue weighted by atomic mass is 16.5. The minimum absolute atomic E-state index is 0.179. The molecular formula is C12H19N3O. The monoisotopic (exact) mass is 221 g/mol. The van der Waals surface area contributed by atoms with Crippen molar-refractivity contribution in [1.29, 1.82) is 0 Å². The molecule has 1 aliphatic heterocycles. The lowest BCUT2D eigenvalue weighted by atomic mass is 10.1. The van der Waals surface area contributed by atoms with Gasteiger partial charge in [-0.15, -0.1) is 0 Å². The van der Waals surface area contributed by atoms with Crippen molar-refractivity contribution >= 4 is 0 Å². The summed E-state index contributed by atoms with van der Waals surface area (Å²) < 4.78 is 5.56. The Balaban J connectivity index is 2.01. The summed E-state index contributed by atoms with van der Waals surface area (Å²) in [4.78, 5) is 6.45. The molecule has 16 heavy (non-hydrogen) atoms. The number of nitrogens with two attached hydrogens (primary N) is 1.